The molecule has 1 aromatic carbocycles. The molecule has 0 aliphatic carbocycles. The quantitative estimate of drug-likeness (QED) is 0.915. The number of rotatable bonds is 2. The van der Waals surface area contributed by atoms with Crippen LogP contribution in [0.2, 0.25) is 10.0 Å². The number of hydrogen-bond acceptors (Lipinski definition) is 2. The van der Waals surface area contributed by atoms with Gasteiger partial charge in [0.15, 0.2) is 0 Å². The Balaban J connectivity index is 1.66. The minimum atomic E-state index is 0.00598. The molecule has 1 aromatic heterocycles. The number of halogens is 2. The fourth-order valence-electron chi connectivity index (χ4n) is 2.67. The molecule has 1 saturated heterocycles. The van der Waals surface area contributed by atoms with Crippen LogP contribution in [0.15, 0.2) is 30.6 Å². The van der Waals surface area contributed by atoms with E-state index in [9.17, 15) is 4.79 Å². The standard InChI is InChI=1S/C15H15Cl2N3O/c16-12-2-1-11(9-13(12)17)15(21)20-7-3-10(4-8-20)14-18-5-6-19-14/h1-2,5-6,9-10H,3-4,7-8H2,(H,18,19). The molecule has 1 amide bonds. The van der Waals surface area contributed by atoms with Crippen LogP contribution in [-0.2, 0) is 0 Å². The highest BCUT2D eigenvalue weighted by Crippen LogP contribution is 2.27. The maximum Gasteiger partial charge on any atom is 0.253 e. The SMILES string of the molecule is O=C(c1ccc(Cl)c(Cl)c1)N1CCC(c2ncc[nH]2)CC1. The Morgan fingerprint density at radius 3 is 2.62 bits per heavy atom. The number of nitrogens with one attached hydrogen (secondary N) is 1. The minimum Gasteiger partial charge on any atom is -0.348 e. The van der Waals surface area contributed by atoms with Crippen LogP contribution in [0.1, 0.15) is 34.9 Å². The minimum absolute atomic E-state index is 0.00598. The van der Waals surface area contributed by atoms with Crippen LogP contribution in [0.5, 0.6) is 0 Å². The second kappa shape index (κ2) is 6.08. The van der Waals surface area contributed by atoms with Gasteiger partial charge in [-0.3, -0.25) is 4.79 Å². The van der Waals surface area contributed by atoms with Gasteiger partial charge >= 0.3 is 0 Å². The van der Waals surface area contributed by atoms with E-state index in [1.165, 1.54) is 0 Å². The fraction of sp³-hybridized carbons (Fsp3) is 0.333. The Labute approximate surface area is 133 Å². The topological polar surface area (TPSA) is 49.0 Å². The zero-order valence-electron chi connectivity index (χ0n) is 11.4. The van der Waals surface area contributed by atoms with Crippen molar-refractivity contribution in [2.75, 3.05) is 13.1 Å². The third-order valence-corrected chi connectivity index (χ3v) is 4.59. The van der Waals surface area contributed by atoms with Gasteiger partial charge in [0.25, 0.3) is 5.91 Å². The summed E-state index contributed by atoms with van der Waals surface area (Å²) in [7, 11) is 0. The number of carbonyl (C=O) groups is 1. The first-order valence-electron chi connectivity index (χ1n) is 6.89. The number of H-pyrrole nitrogens is 1. The third kappa shape index (κ3) is 3.06. The molecule has 1 aliphatic rings. The number of amides is 1. The molecule has 1 N–H and O–H groups in total. The highest BCUT2D eigenvalue weighted by molar-refractivity contribution is 6.42. The van der Waals surface area contributed by atoms with Crippen LogP contribution in [0.3, 0.4) is 0 Å². The van der Waals surface area contributed by atoms with Gasteiger partial charge in [-0.05, 0) is 31.0 Å². The molecule has 2 heterocycles. The molecule has 0 unspecified atom stereocenters. The molecule has 6 heteroatoms. The summed E-state index contributed by atoms with van der Waals surface area (Å²) in [6, 6.07) is 5.01. The molecular weight excluding hydrogens is 309 g/mol. The van der Waals surface area contributed by atoms with Crippen molar-refractivity contribution >= 4 is 29.1 Å². The molecule has 0 atom stereocenters. The van der Waals surface area contributed by atoms with Gasteiger partial charge in [-0.25, -0.2) is 4.98 Å². The lowest BCUT2D eigenvalue weighted by atomic mass is 9.95. The zero-order chi connectivity index (χ0) is 14.8. The Kier molecular flexibility index (Phi) is 4.17. The molecule has 0 saturated carbocycles. The summed E-state index contributed by atoms with van der Waals surface area (Å²) in [5, 5.41) is 0.873. The van der Waals surface area contributed by atoms with Gasteiger partial charge in [-0.2, -0.15) is 0 Å². The average Bonchev–Trinajstić information content (AvgIpc) is 3.04. The van der Waals surface area contributed by atoms with Gasteiger partial charge in [0.1, 0.15) is 5.82 Å². The van der Waals surface area contributed by atoms with Crippen molar-refractivity contribution in [1.29, 1.82) is 0 Å². The van der Waals surface area contributed by atoms with E-state index < -0.39 is 0 Å². The van der Waals surface area contributed by atoms with Gasteiger partial charge in [0.05, 0.1) is 10.0 Å². The van der Waals surface area contributed by atoms with Crippen molar-refractivity contribution in [2.45, 2.75) is 18.8 Å². The van der Waals surface area contributed by atoms with Crippen LogP contribution in [0.25, 0.3) is 0 Å². The monoisotopic (exact) mass is 323 g/mol. The van der Waals surface area contributed by atoms with Crippen molar-refractivity contribution in [3.05, 3.63) is 52.0 Å². The normalized spacial score (nSPS) is 16.2. The summed E-state index contributed by atoms with van der Waals surface area (Å²) in [5.41, 5.74) is 0.584. The number of hydrogen-bond donors (Lipinski definition) is 1. The van der Waals surface area contributed by atoms with E-state index in [2.05, 4.69) is 9.97 Å². The zero-order valence-corrected chi connectivity index (χ0v) is 12.9. The first kappa shape index (κ1) is 14.4. The van der Waals surface area contributed by atoms with Crippen molar-refractivity contribution in [3.63, 3.8) is 0 Å². The number of carbonyl (C=O) groups excluding carboxylic acids is 1. The van der Waals surface area contributed by atoms with E-state index >= 15 is 0 Å². The van der Waals surface area contributed by atoms with Crippen LogP contribution in [0, 0.1) is 0 Å². The molecule has 3 rings (SSSR count). The number of imidazole rings is 1. The lowest BCUT2D eigenvalue weighted by molar-refractivity contribution is 0.0711. The van der Waals surface area contributed by atoms with Crippen LogP contribution < -0.4 is 0 Å². The van der Waals surface area contributed by atoms with Gasteiger partial charge < -0.3 is 9.88 Å². The molecule has 1 aliphatic heterocycles. The molecule has 1 fully saturated rings. The molecule has 0 spiro atoms. The van der Waals surface area contributed by atoms with Crippen LogP contribution in [0.4, 0.5) is 0 Å². The maximum absolute atomic E-state index is 12.5. The largest absolute Gasteiger partial charge is 0.348 e. The number of aromatic nitrogens is 2. The van der Waals surface area contributed by atoms with Crippen LogP contribution >= 0.6 is 23.2 Å². The van der Waals surface area contributed by atoms with E-state index in [0.717, 1.165) is 31.8 Å². The predicted octanol–water partition coefficient (Wildman–Crippen LogP) is 3.74. The number of nitrogens with zero attached hydrogens (tertiary/aromatic N) is 2. The van der Waals surface area contributed by atoms with E-state index in [1.807, 2.05) is 11.1 Å². The van der Waals surface area contributed by atoms with Crippen LogP contribution in [-0.4, -0.2) is 33.9 Å². The van der Waals surface area contributed by atoms with Gasteiger partial charge in [0, 0.05) is 37.0 Å². The average molecular weight is 324 g/mol. The number of piperidine rings is 1. The Hall–Kier alpha value is -1.52. The number of likely N-dealkylation sites (tertiary alicyclic amines) is 1. The van der Waals surface area contributed by atoms with E-state index in [-0.39, 0.29) is 5.91 Å². The molecule has 2 aromatic rings. The third-order valence-electron chi connectivity index (χ3n) is 3.85. The van der Waals surface area contributed by atoms with Gasteiger partial charge in [0.2, 0.25) is 0 Å². The molecule has 0 radical (unpaired) electrons. The highest BCUT2D eigenvalue weighted by atomic mass is 35.5. The van der Waals surface area contributed by atoms with Crippen molar-refractivity contribution < 1.29 is 4.79 Å². The Morgan fingerprint density at radius 1 is 1.24 bits per heavy atom. The molecule has 4 nitrogen and oxygen atoms in total. The molecule has 21 heavy (non-hydrogen) atoms. The Bertz CT molecular complexity index is 634. The lowest BCUT2D eigenvalue weighted by Crippen LogP contribution is -2.38. The predicted molar refractivity (Wildman–Crippen MR) is 82.9 cm³/mol. The maximum atomic E-state index is 12.5. The highest BCUT2D eigenvalue weighted by Gasteiger charge is 2.25. The summed E-state index contributed by atoms with van der Waals surface area (Å²) in [5.74, 6) is 1.42. The second-order valence-corrected chi connectivity index (χ2v) is 5.98. The van der Waals surface area contributed by atoms with E-state index in [1.54, 1.807) is 24.4 Å². The van der Waals surface area contributed by atoms with E-state index in [0.29, 0.717) is 21.5 Å². The fourth-order valence-corrected chi connectivity index (χ4v) is 2.97. The lowest BCUT2D eigenvalue weighted by Gasteiger charge is -2.31. The van der Waals surface area contributed by atoms with Gasteiger partial charge in [-0.1, -0.05) is 23.2 Å². The van der Waals surface area contributed by atoms with Gasteiger partial charge in [-0.15, -0.1) is 0 Å². The van der Waals surface area contributed by atoms with Crippen molar-refractivity contribution in [2.24, 2.45) is 0 Å². The van der Waals surface area contributed by atoms with Crippen molar-refractivity contribution in [1.82, 2.24) is 14.9 Å². The molecule has 110 valence electrons. The molecular formula is C15H15Cl2N3O. The summed E-state index contributed by atoms with van der Waals surface area (Å²) in [6.07, 6.45) is 5.44. The van der Waals surface area contributed by atoms with E-state index in [4.69, 9.17) is 23.2 Å². The first-order valence-corrected chi connectivity index (χ1v) is 7.64. The number of aromatic amines is 1. The Morgan fingerprint density at radius 2 is 2.00 bits per heavy atom. The van der Waals surface area contributed by atoms with Crippen molar-refractivity contribution in [3.8, 4) is 0 Å². The number of benzene rings is 1. The summed E-state index contributed by atoms with van der Waals surface area (Å²) >= 11 is 11.9. The summed E-state index contributed by atoms with van der Waals surface area (Å²) in [4.78, 5) is 21.8. The summed E-state index contributed by atoms with van der Waals surface area (Å²) in [6.45, 7) is 1.45. The molecule has 0 bridgehead atoms. The smallest absolute Gasteiger partial charge is 0.253 e. The summed E-state index contributed by atoms with van der Waals surface area (Å²) < 4.78 is 0. The first-order chi connectivity index (χ1) is 10.1. The second-order valence-electron chi connectivity index (χ2n) is 5.17.